The van der Waals surface area contributed by atoms with Crippen LogP contribution < -0.4 is 17.0 Å². The van der Waals surface area contributed by atoms with Gasteiger partial charge in [0.25, 0.3) is 11.5 Å². The molecule has 4 N–H and O–H groups in total. The van der Waals surface area contributed by atoms with Gasteiger partial charge in [0.2, 0.25) is 0 Å². The SMILES string of the molecule is C=C/C=N\c1c(C(N)=O)c(N)nn1C.CCc1nc2cccc(C#Cc3cnn(C)c3CCN3CCN(C)CC3)c2c(=O)n1-c1ccccc1. The fraction of sp³-hybridized carbons (Fsp3) is 0.297. The summed E-state index contributed by atoms with van der Waals surface area (Å²) >= 11 is 0. The summed E-state index contributed by atoms with van der Waals surface area (Å²) in [6.07, 6.45) is 6.29. The third-order valence-electron chi connectivity index (χ3n) is 8.54. The van der Waals surface area contributed by atoms with Gasteiger partial charge in [-0.15, -0.1) is 0 Å². The number of aryl methyl sites for hydroxylation is 3. The Balaban J connectivity index is 0.000000292. The Morgan fingerprint density at radius 1 is 1.00 bits per heavy atom. The summed E-state index contributed by atoms with van der Waals surface area (Å²) in [5, 5.41) is 8.85. The predicted octanol–water partition coefficient (Wildman–Crippen LogP) is 2.86. The molecule has 3 aromatic heterocycles. The number of carbonyl (C=O) groups is 1. The Hall–Kier alpha value is -5.84. The van der Waals surface area contributed by atoms with Gasteiger partial charge in [-0.2, -0.15) is 10.2 Å². The maximum Gasteiger partial charge on any atom is 0.267 e. The summed E-state index contributed by atoms with van der Waals surface area (Å²) in [4.78, 5) is 38.4. The molecule has 4 heterocycles. The number of para-hydroxylation sites is 1. The minimum atomic E-state index is -0.646. The lowest BCUT2D eigenvalue weighted by atomic mass is 10.1. The first-order chi connectivity index (χ1) is 24.1. The molecule has 0 radical (unpaired) electrons. The van der Waals surface area contributed by atoms with Crippen molar-refractivity contribution in [1.29, 1.82) is 0 Å². The second kappa shape index (κ2) is 16.0. The van der Waals surface area contributed by atoms with E-state index in [0.717, 1.165) is 61.9 Å². The number of hydrogen-bond donors (Lipinski definition) is 2. The number of aromatic nitrogens is 6. The van der Waals surface area contributed by atoms with Crippen molar-refractivity contribution in [2.75, 3.05) is 45.5 Å². The Morgan fingerprint density at radius 2 is 1.72 bits per heavy atom. The molecule has 258 valence electrons. The van der Waals surface area contributed by atoms with E-state index < -0.39 is 5.91 Å². The van der Waals surface area contributed by atoms with Crippen molar-refractivity contribution in [1.82, 2.24) is 38.9 Å². The normalized spacial score (nSPS) is 13.5. The number of carbonyl (C=O) groups excluding carboxylic acids is 1. The van der Waals surface area contributed by atoms with E-state index in [0.29, 0.717) is 28.7 Å². The highest BCUT2D eigenvalue weighted by molar-refractivity contribution is 6.02. The summed E-state index contributed by atoms with van der Waals surface area (Å²) in [6.45, 7) is 10.9. The molecule has 6 rings (SSSR count). The number of nitrogens with two attached hydrogens (primary N) is 2. The molecule has 1 amide bonds. The van der Waals surface area contributed by atoms with Crippen molar-refractivity contribution >= 4 is 34.7 Å². The minimum Gasteiger partial charge on any atom is -0.381 e. The molecule has 1 saturated heterocycles. The molecule has 0 aliphatic carbocycles. The van der Waals surface area contributed by atoms with Gasteiger partial charge in [0.15, 0.2) is 11.6 Å². The molecule has 5 aromatic rings. The lowest BCUT2D eigenvalue weighted by molar-refractivity contribution is 0.100. The molecular formula is C37H43N11O2. The molecule has 0 spiro atoms. The van der Waals surface area contributed by atoms with Gasteiger partial charge in [-0.25, -0.2) is 14.7 Å². The average molecular weight is 674 g/mol. The molecule has 0 atom stereocenters. The van der Waals surface area contributed by atoms with Crippen molar-refractivity contribution < 1.29 is 4.79 Å². The van der Waals surface area contributed by atoms with Crippen LogP contribution in [0.25, 0.3) is 16.6 Å². The fourth-order valence-corrected chi connectivity index (χ4v) is 5.84. The van der Waals surface area contributed by atoms with Crippen LogP contribution in [0.15, 0.2) is 77.2 Å². The van der Waals surface area contributed by atoms with Gasteiger partial charge in [0.05, 0.1) is 34.0 Å². The first-order valence-electron chi connectivity index (χ1n) is 16.4. The van der Waals surface area contributed by atoms with Gasteiger partial charge >= 0.3 is 0 Å². The van der Waals surface area contributed by atoms with Crippen molar-refractivity contribution in [2.24, 2.45) is 24.8 Å². The molecule has 1 aliphatic heterocycles. The number of hydrogen-bond acceptors (Lipinski definition) is 9. The summed E-state index contributed by atoms with van der Waals surface area (Å²) in [7, 11) is 5.77. The molecule has 0 bridgehead atoms. The minimum absolute atomic E-state index is 0.0798. The van der Waals surface area contributed by atoms with Crippen molar-refractivity contribution in [3.8, 4) is 17.5 Å². The lowest BCUT2D eigenvalue weighted by Gasteiger charge is -2.32. The second-order valence-electron chi connectivity index (χ2n) is 11.9. The molecule has 13 heteroatoms. The monoisotopic (exact) mass is 673 g/mol. The van der Waals surface area contributed by atoms with E-state index in [9.17, 15) is 9.59 Å². The van der Waals surface area contributed by atoms with E-state index in [-0.39, 0.29) is 16.9 Å². The van der Waals surface area contributed by atoms with E-state index in [1.165, 1.54) is 17.0 Å². The van der Waals surface area contributed by atoms with E-state index in [4.69, 9.17) is 16.5 Å². The van der Waals surface area contributed by atoms with Crippen LogP contribution in [0.4, 0.5) is 11.6 Å². The Labute approximate surface area is 291 Å². The number of nitrogen functional groups attached to an aromatic ring is 1. The van der Waals surface area contributed by atoms with E-state index >= 15 is 0 Å². The number of benzene rings is 2. The molecule has 0 unspecified atom stereocenters. The number of aliphatic imine (C=N–C) groups is 1. The highest BCUT2D eigenvalue weighted by Crippen LogP contribution is 2.23. The van der Waals surface area contributed by atoms with E-state index in [1.807, 2.05) is 73.4 Å². The quantitative estimate of drug-likeness (QED) is 0.188. The third kappa shape index (κ3) is 7.89. The first kappa shape index (κ1) is 35.5. The summed E-state index contributed by atoms with van der Waals surface area (Å²) in [5.74, 6) is 7.10. The van der Waals surface area contributed by atoms with Gasteiger partial charge in [-0.05, 0) is 31.3 Å². The molecule has 50 heavy (non-hydrogen) atoms. The number of anilines is 1. The summed E-state index contributed by atoms with van der Waals surface area (Å²) in [6, 6.07) is 15.4. The number of allylic oxidation sites excluding steroid dienone is 1. The second-order valence-corrected chi connectivity index (χ2v) is 11.9. The third-order valence-corrected chi connectivity index (χ3v) is 8.54. The zero-order valence-electron chi connectivity index (χ0n) is 29.0. The Morgan fingerprint density at radius 3 is 2.40 bits per heavy atom. The summed E-state index contributed by atoms with van der Waals surface area (Å²) in [5.41, 5.74) is 14.9. The Bertz CT molecular complexity index is 2140. The number of amides is 1. The smallest absolute Gasteiger partial charge is 0.267 e. The van der Waals surface area contributed by atoms with Gasteiger partial charge in [0, 0.05) is 71.4 Å². The molecule has 0 saturated carbocycles. The van der Waals surface area contributed by atoms with Gasteiger partial charge < -0.3 is 21.3 Å². The zero-order valence-corrected chi connectivity index (χ0v) is 29.0. The fourth-order valence-electron chi connectivity index (χ4n) is 5.84. The zero-order chi connectivity index (χ0) is 35.8. The van der Waals surface area contributed by atoms with E-state index in [1.54, 1.807) is 11.6 Å². The molecule has 1 fully saturated rings. The highest BCUT2D eigenvalue weighted by Gasteiger charge is 2.18. The maximum absolute atomic E-state index is 13.7. The topological polar surface area (TPSA) is 158 Å². The van der Waals surface area contributed by atoms with Gasteiger partial charge in [-0.3, -0.25) is 18.8 Å². The number of rotatable bonds is 8. The van der Waals surface area contributed by atoms with Crippen LogP contribution in [0, 0.1) is 11.8 Å². The van der Waals surface area contributed by atoms with Crippen LogP contribution >= 0.6 is 0 Å². The molecular weight excluding hydrogens is 630 g/mol. The van der Waals surface area contributed by atoms with Crippen molar-refractivity contribution in [3.63, 3.8) is 0 Å². The maximum atomic E-state index is 13.7. The standard InChI is InChI=1S/C29H32N6O.C8H11N5O/c1-4-27-31-25-12-8-9-22(28(25)29(36)35(27)24-10-6-5-7-11-24)13-14-23-21-30-33(3)26(23)15-16-34-19-17-32(2)18-20-34;1-3-4-11-8-5(7(10)14)6(9)12-13(8)2/h5-12,21H,4,15-20H2,1-3H3;3-4H,1H2,2H3,(H2,9,12)(H2,10,14)/b;11-4-. The highest BCUT2D eigenvalue weighted by atomic mass is 16.1. The van der Waals surface area contributed by atoms with Gasteiger partial charge in [0.1, 0.15) is 11.4 Å². The Kier molecular flexibility index (Phi) is 11.4. The van der Waals surface area contributed by atoms with Crippen LogP contribution in [0.3, 0.4) is 0 Å². The van der Waals surface area contributed by atoms with Crippen LogP contribution in [0.5, 0.6) is 0 Å². The van der Waals surface area contributed by atoms with Crippen LogP contribution in [0.2, 0.25) is 0 Å². The largest absolute Gasteiger partial charge is 0.381 e. The molecule has 1 aliphatic rings. The number of piperazine rings is 1. The van der Waals surface area contributed by atoms with Crippen molar-refractivity contribution in [3.05, 3.63) is 106 Å². The van der Waals surface area contributed by atoms with Crippen LogP contribution in [-0.2, 0) is 26.9 Å². The van der Waals surface area contributed by atoms with Gasteiger partial charge in [-0.1, -0.05) is 55.7 Å². The lowest BCUT2D eigenvalue weighted by Crippen LogP contribution is -2.45. The van der Waals surface area contributed by atoms with Crippen LogP contribution in [-0.4, -0.2) is 90.8 Å². The number of fused-ring (bicyclic) bond motifs is 1. The number of primary amides is 1. The van der Waals surface area contributed by atoms with Crippen molar-refractivity contribution in [2.45, 2.75) is 19.8 Å². The summed E-state index contributed by atoms with van der Waals surface area (Å²) < 4.78 is 5.01. The first-order valence-corrected chi connectivity index (χ1v) is 16.4. The number of nitrogens with zero attached hydrogens (tertiary/aromatic N) is 9. The molecule has 2 aromatic carbocycles. The predicted molar refractivity (Wildman–Crippen MR) is 198 cm³/mol. The number of likely N-dealkylation sites (N-methyl/N-ethyl adjacent to an activating group) is 1. The van der Waals surface area contributed by atoms with Crippen LogP contribution in [0.1, 0.15) is 39.9 Å². The average Bonchev–Trinajstić information content (AvgIpc) is 3.62. The molecule has 13 nitrogen and oxygen atoms in total. The van der Waals surface area contributed by atoms with E-state index in [2.05, 4.69) is 50.5 Å².